The van der Waals surface area contributed by atoms with Gasteiger partial charge < -0.3 is 14.7 Å². The standard InChI is InChI=1S/C15H20N4O3/c16-18-17-10-14(20)13-6-8-19(9-7-13)15(21)22-11-12-4-2-1-3-5-12/h1-5,13-14,20H,6-11H2/t14-/m1/s1. The molecule has 0 aromatic heterocycles. The number of benzene rings is 1. The second-order valence-corrected chi connectivity index (χ2v) is 5.35. The van der Waals surface area contributed by atoms with E-state index >= 15 is 0 Å². The van der Waals surface area contributed by atoms with Crippen molar-refractivity contribution in [3.8, 4) is 0 Å². The van der Waals surface area contributed by atoms with E-state index in [1.807, 2.05) is 30.3 Å². The predicted molar refractivity (Wildman–Crippen MR) is 80.9 cm³/mol. The molecule has 1 amide bonds. The first kappa shape index (κ1) is 16.1. The maximum absolute atomic E-state index is 12.0. The van der Waals surface area contributed by atoms with Crippen molar-refractivity contribution in [2.45, 2.75) is 25.6 Å². The molecule has 1 aliphatic rings. The van der Waals surface area contributed by atoms with Crippen LogP contribution in [-0.2, 0) is 11.3 Å². The Labute approximate surface area is 129 Å². The van der Waals surface area contributed by atoms with Crippen LogP contribution in [0.5, 0.6) is 0 Å². The van der Waals surface area contributed by atoms with Crippen LogP contribution in [0, 0.1) is 5.92 Å². The minimum absolute atomic E-state index is 0.0590. The van der Waals surface area contributed by atoms with Crippen molar-refractivity contribution >= 4 is 6.09 Å². The highest BCUT2D eigenvalue weighted by molar-refractivity contribution is 5.67. The molecule has 1 saturated heterocycles. The highest BCUT2D eigenvalue weighted by atomic mass is 16.6. The van der Waals surface area contributed by atoms with Gasteiger partial charge in [-0.15, -0.1) is 0 Å². The van der Waals surface area contributed by atoms with Crippen LogP contribution in [-0.4, -0.2) is 41.8 Å². The van der Waals surface area contributed by atoms with E-state index in [0.29, 0.717) is 25.9 Å². The summed E-state index contributed by atoms with van der Waals surface area (Å²) in [5.41, 5.74) is 9.21. The SMILES string of the molecule is [N-]=[N+]=NC[C@@H](O)C1CCN(C(=O)OCc2ccccc2)CC1. The maximum Gasteiger partial charge on any atom is 0.410 e. The summed E-state index contributed by atoms with van der Waals surface area (Å²) in [6.45, 7) is 1.44. The van der Waals surface area contributed by atoms with Crippen LogP contribution in [0.4, 0.5) is 4.79 Å². The second kappa shape index (κ2) is 8.26. The Morgan fingerprint density at radius 3 is 2.73 bits per heavy atom. The average molecular weight is 304 g/mol. The van der Waals surface area contributed by atoms with Gasteiger partial charge in [0.15, 0.2) is 0 Å². The average Bonchev–Trinajstić information content (AvgIpc) is 2.58. The van der Waals surface area contributed by atoms with Gasteiger partial charge in [0, 0.05) is 18.0 Å². The molecule has 1 fully saturated rings. The molecule has 0 radical (unpaired) electrons. The molecule has 0 saturated carbocycles. The fourth-order valence-corrected chi connectivity index (χ4v) is 2.55. The molecule has 1 aromatic carbocycles. The molecular weight excluding hydrogens is 284 g/mol. The Bertz CT molecular complexity index is 523. The number of aliphatic hydroxyl groups excluding tert-OH is 1. The van der Waals surface area contributed by atoms with Gasteiger partial charge in [-0.05, 0) is 29.9 Å². The summed E-state index contributed by atoms with van der Waals surface area (Å²) in [5.74, 6) is 0.0590. The molecule has 1 N–H and O–H groups in total. The van der Waals surface area contributed by atoms with Crippen LogP contribution in [0.2, 0.25) is 0 Å². The van der Waals surface area contributed by atoms with Gasteiger partial charge in [-0.25, -0.2) is 4.79 Å². The van der Waals surface area contributed by atoms with Crippen molar-refractivity contribution in [2.24, 2.45) is 11.0 Å². The minimum Gasteiger partial charge on any atom is -0.445 e. The molecule has 1 atom stereocenters. The summed E-state index contributed by atoms with van der Waals surface area (Å²) in [6.07, 6.45) is 0.399. The van der Waals surface area contributed by atoms with Crippen LogP contribution < -0.4 is 0 Å². The molecule has 7 nitrogen and oxygen atoms in total. The maximum atomic E-state index is 12.0. The fraction of sp³-hybridized carbons (Fsp3) is 0.533. The normalized spacial score (nSPS) is 16.7. The molecule has 118 valence electrons. The molecule has 7 heteroatoms. The Balaban J connectivity index is 1.74. The number of nitrogens with zero attached hydrogens (tertiary/aromatic N) is 4. The first-order valence-electron chi connectivity index (χ1n) is 7.35. The Kier molecular flexibility index (Phi) is 6.06. The highest BCUT2D eigenvalue weighted by Gasteiger charge is 2.27. The molecule has 0 aliphatic carbocycles. The number of azide groups is 1. The van der Waals surface area contributed by atoms with Crippen LogP contribution in [0.1, 0.15) is 18.4 Å². The van der Waals surface area contributed by atoms with Gasteiger partial charge in [0.2, 0.25) is 0 Å². The van der Waals surface area contributed by atoms with Crippen molar-refractivity contribution < 1.29 is 14.6 Å². The molecule has 0 unspecified atom stereocenters. The third-order valence-corrected chi connectivity index (χ3v) is 3.88. The molecule has 0 bridgehead atoms. The first-order chi connectivity index (χ1) is 10.7. The first-order valence-corrected chi connectivity index (χ1v) is 7.35. The van der Waals surface area contributed by atoms with Crippen molar-refractivity contribution in [1.82, 2.24) is 4.90 Å². The highest BCUT2D eigenvalue weighted by Crippen LogP contribution is 2.21. The largest absolute Gasteiger partial charge is 0.445 e. The van der Waals surface area contributed by atoms with Gasteiger partial charge >= 0.3 is 6.09 Å². The lowest BCUT2D eigenvalue weighted by Gasteiger charge is -2.33. The number of piperidine rings is 1. The van der Waals surface area contributed by atoms with Gasteiger partial charge in [-0.3, -0.25) is 0 Å². The van der Waals surface area contributed by atoms with Crippen molar-refractivity contribution in [3.63, 3.8) is 0 Å². The molecule has 1 aliphatic heterocycles. The van der Waals surface area contributed by atoms with E-state index in [1.165, 1.54) is 0 Å². The fourth-order valence-electron chi connectivity index (χ4n) is 2.55. The number of likely N-dealkylation sites (tertiary alicyclic amines) is 1. The van der Waals surface area contributed by atoms with E-state index in [-0.39, 0.29) is 25.2 Å². The lowest BCUT2D eigenvalue weighted by atomic mass is 9.91. The lowest BCUT2D eigenvalue weighted by molar-refractivity contribution is 0.0490. The molecule has 22 heavy (non-hydrogen) atoms. The number of carbonyl (C=O) groups excluding carboxylic acids is 1. The van der Waals surface area contributed by atoms with E-state index in [1.54, 1.807) is 4.90 Å². The summed E-state index contributed by atoms with van der Waals surface area (Å²) in [4.78, 5) is 16.3. The third-order valence-electron chi connectivity index (χ3n) is 3.88. The lowest BCUT2D eigenvalue weighted by Crippen LogP contribution is -2.42. The van der Waals surface area contributed by atoms with Crippen LogP contribution in [0.25, 0.3) is 10.4 Å². The minimum atomic E-state index is -0.640. The summed E-state index contributed by atoms with van der Waals surface area (Å²) >= 11 is 0. The summed E-state index contributed by atoms with van der Waals surface area (Å²) in [6, 6.07) is 9.54. The van der Waals surface area contributed by atoms with Gasteiger partial charge in [-0.2, -0.15) is 0 Å². The summed E-state index contributed by atoms with van der Waals surface area (Å²) in [7, 11) is 0. The van der Waals surface area contributed by atoms with Crippen LogP contribution in [0.15, 0.2) is 35.4 Å². The number of rotatable bonds is 5. The Morgan fingerprint density at radius 1 is 1.41 bits per heavy atom. The van der Waals surface area contributed by atoms with Gasteiger partial charge in [0.1, 0.15) is 6.61 Å². The molecule has 1 aromatic rings. The number of amides is 1. The second-order valence-electron chi connectivity index (χ2n) is 5.35. The number of hydrogen-bond acceptors (Lipinski definition) is 4. The summed E-state index contributed by atoms with van der Waals surface area (Å²) < 4.78 is 5.29. The Hall–Kier alpha value is -2.24. The monoisotopic (exact) mass is 304 g/mol. The molecule has 0 spiro atoms. The quantitative estimate of drug-likeness (QED) is 0.514. The van der Waals surface area contributed by atoms with E-state index in [0.717, 1.165) is 5.56 Å². The van der Waals surface area contributed by atoms with Gasteiger partial charge in [0.25, 0.3) is 0 Å². The smallest absolute Gasteiger partial charge is 0.410 e. The molecular formula is C15H20N4O3. The van der Waals surface area contributed by atoms with Crippen LogP contribution >= 0.6 is 0 Å². The zero-order valence-corrected chi connectivity index (χ0v) is 12.3. The number of aliphatic hydroxyl groups is 1. The topological polar surface area (TPSA) is 98.5 Å². The number of hydrogen-bond donors (Lipinski definition) is 1. The third kappa shape index (κ3) is 4.65. The van der Waals surface area contributed by atoms with Gasteiger partial charge in [-0.1, -0.05) is 35.4 Å². The zero-order chi connectivity index (χ0) is 15.8. The zero-order valence-electron chi connectivity index (χ0n) is 12.3. The van der Waals surface area contributed by atoms with Crippen molar-refractivity contribution in [3.05, 3.63) is 46.3 Å². The summed E-state index contributed by atoms with van der Waals surface area (Å²) in [5, 5.41) is 13.3. The van der Waals surface area contributed by atoms with E-state index < -0.39 is 6.10 Å². The van der Waals surface area contributed by atoms with Crippen molar-refractivity contribution in [2.75, 3.05) is 19.6 Å². The number of ether oxygens (including phenoxy) is 1. The molecule has 1 heterocycles. The van der Waals surface area contributed by atoms with Crippen molar-refractivity contribution in [1.29, 1.82) is 0 Å². The molecule has 2 rings (SSSR count). The van der Waals surface area contributed by atoms with E-state index in [9.17, 15) is 9.90 Å². The predicted octanol–water partition coefficient (Wildman–Crippen LogP) is 2.71. The van der Waals surface area contributed by atoms with E-state index in [2.05, 4.69) is 10.0 Å². The van der Waals surface area contributed by atoms with Crippen LogP contribution in [0.3, 0.4) is 0 Å². The number of carbonyl (C=O) groups is 1. The van der Waals surface area contributed by atoms with E-state index in [4.69, 9.17) is 10.3 Å². The van der Waals surface area contributed by atoms with Gasteiger partial charge in [0.05, 0.1) is 12.6 Å². The Morgan fingerprint density at radius 2 is 2.09 bits per heavy atom.